The number of aryl methyl sites for hydroxylation is 2. The fourth-order valence-electron chi connectivity index (χ4n) is 2.06. The summed E-state index contributed by atoms with van der Waals surface area (Å²) in [4.78, 5) is 0. The molecule has 0 spiro atoms. The van der Waals surface area contributed by atoms with Gasteiger partial charge in [0.1, 0.15) is 0 Å². The summed E-state index contributed by atoms with van der Waals surface area (Å²) in [6, 6.07) is 9.44. The highest BCUT2D eigenvalue weighted by Gasteiger charge is 2.15. The molecule has 2 N–H and O–H groups in total. The smallest absolute Gasteiger partial charge is 0.0565 e. The predicted molar refractivity (Wildman–Crippen MR) is 86.1 cm³/mol. The van der Waals surface area contributed by atoms with Crippen molar-refractivity contribution >= 4 is 39.1 Å². The largest absolute Gasteiger partial charge is 0.320 e. The minimum Gasteiger partial charge on any atom is -0.320 e. The van der Waals surface area contributed by atoms with Gasteiger partial charge in [-0.2, -0.15) is 0 Å². The first-order valence-electron chi connectivity index (χ1n) is 5.87. The number of hydrogen-bond donors (Lipinski definition) is 1. The van der Waals surface area contributed by atoms with E-state index in [1.54, 1.807) is 0 Å². The molecule has 2 aromatic carbocycles. The number of hydrogen-bond acceptors (Lipinski definition) is 1. The van der Waals surface area contributed by atoms with Gasteiger partial charge in [0.2, 0.25) is 0 Å². The van der Waals surface area contributed by atoms with Gasteiger partial charge < -0.3 is 5.73 Å². The van der Waals surface area contributed by atoms with Gasteiger partial charge in [0.15, 0.2) is 0 Å². The van der Waals surface area contributed by atoms with Gasteiger partial charge in [-0.3, -0.25) is 0 Å². The van der Waals surface area contributed by atoms with E-state index in [1.807, 2.05) is 44.2 Å². The fourth-order valence-corrected chi connectivity index (χ4v) is 3.21. The van der Waals surface area contributed by atoms with E-state index in [4.69, 9.17) is 28.9 Å². The van der Waals surface area contributed by atoms with Crippen molar-refractivity contribution in [2.24, 2.45) is 5.73 Å². The Kier molecular flexibility index (Phi) is 4.57. The number of nitrogens with two attached hydrogens (primary N) is 1. The molecule has 0 fully saturated rings. The maximum Gasteiger partial charge on any atom is 0.0565 e. The van der Waals surface area contributed by atoms with Crippen LogP contribution >= 0.6 is 39.1 Å². The molecular formula is C15H14BrCl2N. The second kappa shape index (κ2) is 5.84. The van der Waals surface area contributed by atoms with E-state index in [9.17, 15) is 0 Å². The van der Waals surface area contributed by atoms with Crippen LogP contribution < -0.4 is 5.73 Å². The molecule has 0 aromatic heterocycles. The van der Waals surface area contributed by atoms with Crippen LogP contribution in [-0.2, 0) is 0 Å². The molecule has 0 heterocycles. The zero-order valence-corrected chi connectivity index (χ0v) is 13.8. The third-order valence-corrected chi connectivity index (χ3v) is 4.51. The molecule has 0 bridgehead atoms. The Bertz CT molecular complexity index is 626. The van der Waals surface area contributed by atoms with E-state index < -0.39 is 0 Å². The van der Waals surface area contributed by atoms with Gasteiger partial charge in [-0.1, -0.05) is 51.3 Å². The summed E-state index contributed by atoms with van der Waals surface area (Å²) in [5.41, 5.74) is 10.6. The van der Waals surface area contributed by atoms with Gasteiger partial charge in [-0.15, -0.1) is 0 Å². The molecule has 19 heavy (non-hydrogen) atoms. The SMILES string of the molecule is Cc1cc(C(N)c2ccc(Cl)cc2Br)c(C)cc1Cl. The number of benzene rings is 2. The average Bonchev–Trinajstić information content (AvgIpc) is 2.33. The van der Waals surface area contributed by atoms with Crippen LogP contribution in [0.25, 0.3) is 0 Å². The zero-order chi connectivity index (χ0) is 14.2. The van der Waals surface area contributed by atoms with Gasteiger partial charge >= 0.3 is 0 Å². The molecule has 1 atom stereocenters. The normalized spacial score (nSPS) is 12.5. The first kappa shape index (κ1) is 14.9. The van der Waals surface area contributed by atoms with Crippen molar-refractivity contribution in [2.45, 2.75) is 19.9 Å². The fraction of sp³-hybridized carbons (Fsp3) is 0.200. The Morgan fingerprint density at radius 3 is 2.32 bits per heavy atom. The lowest BCUT2D eigenvalue weighted by atomic mass is 9.94. The highest BCUT2D eigenvalue weighted by molar-refractivity contribution is 9.10. The van der Waals surface area contributed by atoms with Crippen molar-refractivity contribution in [1.82, 2.24) is 0 Å². The van der Waals surface area contributed by atoms with E-state index >= 15 is 0 Å². The van der Waals surface area contributed by atoms with E-state index in [-0.39, 0.29) is 6.04 Å². The van der Waals surface area contributed by atoms with Crippen molar-refractivity contribution in [1.29, 1.82) is 0 Å². The molecule has 1 nitrogen and oxygen atoms in total. The Morgan fingerprint density at radius 2 is 1.68 bits per heavy atom. The van der Waals surface area contributed by atoms with Gasteiger partial charge in [0, 0.05) is 14.5 Å². The lowest BCUT2D eigenvalue weighted by Gasteiger charge is -2.18. The summed E-state index contributed by atoms with van der Waals surface area (Å²) < 4.78 is 0.916. The highest BCUT2D eigenvalue weighted by atomic mass is 79.9. The molecule has 0 radical (unpaired) electrons. The van der Waals surface area contributed by atoms with E-state index in [0.717, 1.165) is 31.7 Å². The van der Waals surface area contributed by atoms with Crippen LogP contribution in [0, 0.1) is 13.8 Å². The molecule has 0 aliphatic heterocycles. The summed E-state index contributed by atoms with van der Waals surface area (Å²) in [5.74, 6) is 0. The molecule has 0 amide bonds. The van der Waals surface area contributed by atoms with Crippen molar-refractivity contribution in [2.75, 3.05) is 0 Å². The quantitative estimate of drug-likeness (QED) is 0.761. The van der Waals surface area contributed by atoms with Crippen LogP contribution in [0.4, 0.5) is 0 Å². The topological polar surface area (TPSA) is 26.0 Å². The molecule has 0 aliphatic rings. The lowest BCUT2D eigenvalue weighted by Crippen LogP contribution is -2.14. The Labute approximate surface area is 131 Å². The van der Waals surface area contributed by atoms with Crippen molar-refractivity contribution in [3.8, 4) is 0 Å². The molecule has 2 rings (SSSR count). The molecule has 0 saturated heterocycles. The molecule has 0 saturated carbocycles. The monoisotopic (exact) mass is 357 g/mol. The Balaban J connectivity index is 2.49. The summed E-state index contributed by atoms with van der Waals surface area (Å²) in [5, 5.41) is 1.45. The average molecular weight is 359 g/mol. The van der Waals surface area contributed by atoms with Gasteiger partial charge in [0.05, 0.1) is 6.04 Å². The molecule has 2 aromatic rings. The first-order valence-corrected chi connectivity index (χ1v) is 7.42. The van der Waals surface area contributed by atoms with Crippen molar-refractivity contribution in [3.05, 3.63) is 67.1 Å². The second-order valence-electron chi connectivity index (χ2n) is 4.60. The minimum atomic E-state index is -0.206. The predicted octanol–water partition coefficient (Wildman–Crippen LogP) is 5.42. The summed E-state index contributed by atoms with van der Waals surface area (Å²) >= 11 is 15.6. The second-order valence-corrected chi connectivity index (χ2v) is 6.30. The van der Waals surface area contributed by atoms with Crippen molar-refractivity contribution < 1.29 is 0 Å². The highest BCUT2D eigenvalue weighted by Crippen LogP contribution is 2.32. The molecule has 4 heteroatoms. The summed E-state index contributed by atoms with van der Waals surface area (Å²) in [7, 11) is 0. The van der Waals surface area contributed by atoms with Crippen LogP contribution in [0.1, 0.15) is 28.3 Å². The van der Waals surface area contributed by atoms with Gasteiger partial charge in [-0.05, 0) is 54.3 Å². The van der Waals surface area contributed by atoms with E-state index in [0.29, 0.717) is 5.02 Å². The third-order valence-electron chi connectivity index (χ3n) is 3.18. The number of halogens is 3. The van der Waals surface area contributed by atoms with Gasteiger partial charge in [-0.25, -0.2) is 0 Å². The summed E-state index contributed by atoms with van der Waals surface area (Å²) in [6.07, 6.45) is 0. The lowest BCUT2D eigenvalue weighted by molar-refractivity contribution is 0.854. The maximum absolute atomic E-state index is 6.37. The van der Waals surface area contributed by atoms with Crippen LogP contribution in [0.5, 0.6) is 0 Å². The first-order chi connectivity index (χ1) is 8.90. The van der Waals surface area contributed by atoms with Crippen LogP contribution in [0.15, 0.2) is 34.8 Å². The van der Waals surface area contributed by atoms with Crippen LogP contribution in [-0.4, -0.2) is 0 Å². The van der Waals surface area contributed by atoms with Crippen LogP contribution in [0.2, 0.25) is 10.0 Å². The number of rotatable bonds is 2. The standard InChI is InChI=1S/C15H14BrCl2N/c1-8-6-14(18)9(2)5-12(8)15(19)11-4-3-10(17)7-13(11)16/h3-7,15H,19H2,1-2H3. The maximum atomic E-state index is 6.37. The third kappa shape index (κ3) is 3.14. The molecular weight excluding hydrogens is 345 g/mol. The molecule has 100 valence electrons. The molecule has 1 unspecified atom stereocenters. The van der Waals surface area contributed by atoms with E-state index in [2.05, 4.69) is 15.9 Å². The molecule has 0 aliphatic carbocycles. The Hall–Kier alpha value is -0.540. The van der Waals surface area contributed by atoms with Gasteiger partial charge in [0.25, 0.3) is 0 Å². The summed E-state index contributed by atoms with van der Waals surface area (Å²) in [6.45, 7) is 4.00. The van der Waals surface area contributed by atoms with E-state index in [1.165, 1.54) is 0 Å². The van der Waals surface area contributed by atoms with Crippen molar-refractivity contribution in [3.63, 3.8) is 0 Å². The van der Waals surface area contributed by atoms with Crippen LogP contribution in [0.3, 0.4) is 0 Å². The minimum absolute atomic E-state index is 0.206. The Morgan fingerprint density at radius 1 is 1.00 bits per heavy atom. The zero-order valence-electron chi connectivity index (χ0n) is 10.7.